The molecule has 10 heteroatoms. The summed E-state index contributed by atoms with van der Waals surface area (Å²) in [5, 5.41) is 0.430. The van der Waals surface area contributed by atoms with Crippen molar-refractivity contribution in [2.75, 3.05) is 11.8 Å². The van der Waals surface area contributed by atoms with E-state index in [4.69, 9.17) is 0 Å². The van der Waals surface area contributed by atoms with Crippen LogP contribution in [0.3, 0.4) is 0 Å². The van der Waals surface area contributed by atoms with E-state index in [9.17, 15) is 17.8 Å². The second-order valence-corrected chi connectivity index (χ2v) is 8.55. The van der Waals surface area contributed by atoms with Crippen LogP contribution < -0.4 is 4.72 Å². The third kappa shape index (κ3) is 3.85. The highest BCUT2D eigenvalue weighted by Crippen LogP contribution is 2.28. The predicted molar refractivity (Wildman–Crippen MR) is 108 cm³/mol. The van der Waals surface area contributed by atoms with E-state index in [1.54, 1.807) is 19.3 Å². The van der Waals surface area contributed by atoms with E-state index in [0.29, 0.717) is 15.5 Å². The van der Waals surface area contributed by atoms with Crippen LogP contribution in [0.25, 0.3) is 11.0 Å². The molecule has 2 N–H and O–H groups in total. The molecule has 0 bridgehead atoms. The molecule has 2 heterocycles. The summed E-state index contributed by atoms with van der Waals surface area (Å²) >= 11 is 1.51. The normalized spacial score (nSPS) is 12.7. The van der Waals surface area contributed by atoms with Gasteiger partial charge in [-0.15, -0.1) is 0 Å². The van der Waals surface area contributed by atoms with E-state index in [1.807, 2.05) is 13.8 Å². The number of hydrogen-bond acceptors (Lipinski definition) is 3. The zero-order valence-corrected chi connectivity index (χ0v) is 17.6. The minimum absolute atomic E-state index is 0.0740. The summed E-state index contributed by atoms with van der Waals surface area (Å²) in [7, 11) is 1.60. The fourth-order valence-electron chi connectivity index (χ4n) is 2.50. The molecule has 1 unspecified atom stereocenters. The van der Waals surface area contributed by atoms with Crippen LogP contribution in [0, 0.1) is 11.6 Å². The highest BCUT2D eigenvalue weighted by molar-refractivity contribution is 9.10. The molecule has 2 aromatic heterocycles. The molecule has 0 aliphatic heterocycles. The fraction of sp³-hybridized carbons (Fsp3) is 0.222. The summed E-state index contributed by atoms with van der Waals surface area (Å²) in [4.78, 5) is 19.8. The second kappa shape index (κ2) is 8.06. The number of aromatic amines is 1. The van der Waals surface area contributed by atoms with Crippen LogP contribution in [0.1, 0.15) is 29.8 Å². The predicted octanol–water partition coefficient (Wildman–Crippen LogP) is 4.17. The maximum atomic E-state index is 15.0. The molecule has 1 aromatic carbocycles. The van der Waals surface area contributed by atoms with E-state index < -0.39 is 34.2 Å². The highest BCUT2D eigenvalue weighted by Gasteiger charge is 2.25. The molecule has 1 atom stereocenters. The number of carbonyl (C=O) groups is 1. The van der Waals surface area contributed by atoms with Gasteiger partial charge in [0.15, 0.2) is 17.0 Å². The van der Waals surface area contributed by atoms with Crippen LogP contribution in [0.5, 0.6) is 0 Å². The number of aromatic nitrogens is 2. The monoisotopic (exact) mass is 470 g/mol. The van der Waals surface area contributed by atoms with E-state index >= 15 is 0 Å². The summed E-state index contributed by atoms with van der Waals surface area (Å²) in [5.41, 5.74) is -0.453. The Morgan fingerprint density at radius 2 is 2.07 bits per heavy atom. The van der Waals surface area contributed by atoms with Crippen LogP contribution in [0.15, 0.2) is 35.1 Å². The third-order valence-electron chi connectivity index (χ3n) is 4.25. The lowest BCUT2D eigenvalue weighted by Crippen LogP contribution is -2.32. The molecule has 0 saturated heterocycles. The van der Waals surface area contributed by atoms with E-state index in [-0.39, 0.29) is 17.3 Å². The van der Waals surface area contributed by atoms with E-state index in [0.717, 1.165) is 12.1 Å². The van der Waals surface area contributed by atoms with Gasteiger partial charge in [-0.25, -0.2) is 22.3 Å². The van der Waals surface area contributed by atoms with Gasteiger partial charge >= 0.3 is 0 Å². The van der Waals surface area contributed by atoms with Crippen molar-refractivity contribution in [1.29, 1.82) is 0 Å². The third-order valence-corrected chi connectivity index (χ3v) is 6.02. The zero-order chi connectivity index (χ0) is 20.6. The number of anilines is 1. The van der Waals surface area contributed by atoms with Gasteiger partial charge in [-0.2, -0.15) is 0 Å². The lowest BCUT2D eigenvalue weighted by molar-refractivity contribution is 0.103. The van der Waals surface area contributed by atoms with E-state index in [2.05, 4.69) is 30.6 Å². The Morgan fingerprint density at radius 3 is 2.75 bits per heavy atom. The lowest BCUT2D eigenvalue weighted by atomic mass is 10.0. The summed E-state index contributed by atoms with van der Waals surface area (Å²) in [5.74, 6) is -2.95. The number of nitrogens with zero attached hydrogens (tertiary/aromatic N) is 2. The summed E-state index contributed by atoms with van der Waals surface area (Å²) in [6, 6.07) is 3.64. The van der Waals surface area contributed by atoms with Gasteiger partial charge in [-0.1, -0.05) is 0 Å². The zero-order valence-electron chi connectivity index (χ0n) is 15.2. The van der Waals surface area contributed by atoms with Crippen molar-refractivity contribution in [2.45, 2.75) is 19.9 Å². The summed E-state index contributed by atoms with van der Waals surface area (Å²) in [6.45, 7) is 3.64. The van der Waals surface area contributed by atoms with Crippen molar-refractivity contribution in [2.24, 2.45) is 0 Å². The number of H-pyrrole nitrogens is 1. The Labute approximate surface area is 171 Å². The van der Waals surface area contributed by atoms with Gasteiger partial charge in [0.25, 0.3) is 0 Å². The minimum atomic E-state index is -1.76. The highest BCUT2D eigenvalue weighted by atomic mass is 79.9. The largest absolute Gasteiger partial charge is 0.345 e. The van der Waals surface area contributed by atoms with Gasteiger partial charge in [0.05, 0.1) is 11.3 Å². The first-order chi connectivity index (χ1) is 13.2. The van der Waals surface area contributed by atoms with Crippen molar-refractivity contribution >= 4 is 49.6 Å². The number of fused-ring (bicyclic) bond motifs is 1. The molecule has 0 amide bonds. The Hall–Kier alpha value is -2.17. The van der Waals surface area contributed by atoms with Crippen LogP contribution in [-0.4, -0.2) is 37.4 Å². The first kappa shape index (κ1) is 20.6. The maximum Gasteiger partial charge on any atom is 0.201 e. The van der Waals surface area contributed by atoms with Gasteiger partial charge in [-0.05, 0) is 48.0 Å². The SMILES string of the molecule is CC(C)N(C)S(=O)Nc1ccc(F)c(C(=O)c2c[nH]c3ncc(Br)cc23)c1F. The molecule has 3 aromatic rings. The topological polar surface area (TPSA) is 78.1 Å². The van der Waals surface area contributed by atoms with Crippen molar-refractivity contribution in [3.63, 3.8) is 0 Å². The molecule has 6 nitrogen and oxygen atoms in total. The van der Waals surface area contributed by atoms with Crippen LogP contribution >= 0.6 is 15.9 Å². The molecule has 0 spiro atoms. The molecule has 28 heavy (non-hydrogen) atoms. The summed E-state index contributed by atoms with van der Waals surface area (Å²) < 4.78 is 46.2. The molecule has 0 saturated carbocycles. The van der Waals surface area contributed by atoms with Crippen molar-refractivity contribution in [1.82, 2.24) is 14.3 Å². The number of ketones is 1. The number of rotatable bonds is 6. The average molecular weight is 471 g/mol. The molecule has 0 fully saturated rings. The standard InChI is InChI=1S/C18H17BrF2N4O2S/c1-9(2)25(3)28(27)24-14-5-4-13(20)15(16(14)21)17(26)12-8-23-18-11(12)6-10(19)7-22-18/h4-9,24H,1-3H3,(H,22,23). The lowest BCUT2D eigenvalue weighted by Gasteiger charge is -2.20. The van der Waals surface area contributed by atoms with Crippen LogP contribution in [0.2, 0.25) is 0 Å². The number of halogens is 3. The van der Waals surface area contributed by atoms with Crippen molar-refractivity contribution < 1.29 is 17.8 Å². The van der Waals surface area contributed by atoms with Gasteiger partial charge in [0.1, 0.15) is 11.5 Å². The molecule has 0 radical (unpaired) electrons. The molecular weight excluding hydrogens is 454 g/mol. The average Bonchev–Trinajstić information content (AvgIpc) is 3.06. The Kier molecular flexibility index (Phi) is 5.92. The molecule has 148 valence electrons. The summed E-state index contributed by atoms with van der Waals surface area (Å²) in [6.07, 6.45) is 2.90. The fourth-order valence-corrected chi connectivity index (χ4v) is 3.70. The number of hydrogen-bond donors (Lipinski definition) is 2. The molecule has 3 rings (SSSR count). The Morgan fingerprint density at radius 1 is 1.36 bits per heavy atom. The number of carbonyl (C=O) groups excluding carboxylic acids is 1. The van der Waals surface area contributed by atoms with E-state index in [1.165, 1.54) is 10.5 Å². The number of benzene rings is 1. The van der Waals surface area contributed by atoms with Crippen molar-refractivity contribution in [3.05, 3.63) is 57.8 Å². The Balaban J connectivity index is 2.03. The van der Waals surface area contributed by atoms with Gasteiger partial charge in [0.2, 0.25) is 5.78 Å². The van der Waals surface area contributed by atoms with Crippen LogP contribution in [0.4, 0.5) is 14.5 Å². The van der Waals surface area contributed by atoms with Gasteiger partial charge < -0.3 is 4.98 Å². The van der Waals surface area contributed by atoms with Gasteiger partial charge in [0, 0.05) is 40.9 Å². The minimum Gasteiger partial charge on any atom is -0.345 e. The van der Waals surface area contributed by atoms with Crippen molar-refractivity contribution in [3.8, 4) is 0 Å². The van der Waals surface area contributed by atoms with Gasteiger partial charge in [-0.3, -0.25) is 9.52 Å². The maximum absolute atomic E-state index is 15.0. The van der Waals surface area contributed by atoms with Crippen LogP contribution in [-0.2, 0) is 11.2 Å². The number of pyridine rings is 1. The quantitative estimate of drug-likeness (QED) is 0.530. The second-order valence-electron chi connectivity index (χ2n) is 6.36. The Bertz CT molecular complexity index is 1090. The first-order valence-corrected chi connectivity index (χ1v) is 10.2. The number of nitrogens with one attached hydrogen (secondary N) is 2. The smallest absolute Gasteiger partial charge is 0.201 e. The molecule has 0 aliphatic rings. The molecular formula is C18H17BrF2N4O2S. The first-order valence-electron chi connectivity index (χ1n) is 8.27. The molecule has 0 aliphatic carbocycles.